The average Bonchev–Trinajstić information content (AvgIpc) is 3.27. The Morgan fingerprint density at radius 2 is 1.81 bits per heavy atom. The number of rotatable bonds is 7. The minimum atomic E-state index is -4.80. The lowest BCUT2D eigenvalue weighted by molar-refractivity contribution is -0.141. The van der Waals surface area contributed by atoms with E-state index in [0.29, 0.717) is 25.2 Å². The number of ketones is 1. The van der Waals surface area contributed by atoms with E-state index in [2.05, 4.69) is 10.4 Å². The summed E-state index contributed by atoms with van der Waals surface area (Å²) in [6.07, 6.45) is -3.17. The van der Waals surface area contributed by atoms with Crippen molar-refractivity contribution in [3.8, 4) is 5.69 Å². The molecule has 1 aliphatic rings. The zero-order valence-electron chi connectivity index (χ0n) is 21.5. The number of nitrogens with zero attached hydrogens (tertiary/aromatic N) is 3. The van der Waals surface area contributed by atoms with Crippen LogP contribution < -0.4 is 5.32 Å². The molecule has 1 aliphatic heterocycles. The van der Waals surface area contributed by atoms with Crippen molar-refractivity contribution < 1.29 is 32.3 Å². The van der Waals surface area contributed by atoms with Crippen LogP contribution in [0.15, 0.2) is 36.5 Å². The van der Waals surface area contributed by atoms with Crippen LogP contribution in [0.4, 0.5) is 18.0 Å². The number of aromatic nitrogens is 2. The standard InChI is InChI=1S/C26H33F3N4O4/c1-17-15-32(24(36)37-25(2,3)4)14-12-19(17)21(34)11-8-13-30-23(35)20-16-33(18-9-6-5-7-10-18)31-22(20)26(27,28)29/h5-7,9-10,16-17,19H,8,11-15H2,1-4H3,(H,30,35). The summed E-state index contributed by atoms with van der Waals surface area (Å²) in [4.78, 5) is 39.2. The van der Waals surface area contributed by atoms with Gasteiger partial charge in [0.05, 0.1) is 11.3 Å². The zero-order chi connectivity index (χ0) is 27.4. The van der Waals surface area contributed by atoms with E-state index in [9.17, 15) is 27.6 Å². The number of amides is 2. The number of Topliss-reactive ketones (excluding diaryl/α,β-unsaturated/α-hetero) is 1. The lowest BCUT2D eigenvalue weighted by Crippen LogP contribution is -2.46. The third-order valence-corrected chi connectivity index (χ3v) is 6.10. The van der Waals surface area contributed by atoms with E-state index >= 15 is 0 Å². The molecule has 1 saturated heterocycles. The minimum absolute atomic E-state index is 0.0125. The molecule has 2 heterocycles. The minimum Gasteiger partial charge on any atom is -0.444 e. The second-order valence-electron chi connectivity index (χ2n) is 10.3. The molecule has 0 aliphatic carbocycles. The van der Waals surface area contributed by atoms with Crippen LogP contribution in [0.5, 0.6) is 0 Å². The highest BCUT2D eigenvalue weighted by atomic mass is 19.4. The van der Waals surface area contributed by atoms with Crippen LogP contribution in [0.2, 0.25) is 0 Å². The molecule has 11 heteroatoms. The van der Waals surface area contributed by atoms with Gasteiger partial charge in [-0.1, -0.05) is 25.1 Å². The van der Waals surface area contributed by atoms with Crippen molar-refractivity contribution in [3.05, 3.63) is 47.8 Å². The summed E-state index contributed by atoms with van der Waals surface area (Å²) in [6, 6.07) is 8.20. The molecule has 2 amide bonds. The fourth-order valence-corrected chi connectivity index (χ4v) is 4.32. The molecule has 0 saturated carbocycles. The van der Waals surface area contributed by atoms with Gasteiger partial charge in [-0.3, -0.25) is 9.59 Å². The van der Waals surface area contributed by atoms with Gasteiger partial charge >= 0.3 is 12.3 Å². The van der Waals surface area contributed by atoms with Gasteiger partial charge in [-0.25, -0.2) is 9.48 Å². The van der Waals surface area contributed by atoms with Crippen molar-refractivity contribution in [2.75, 3.05) is 19.6 Å². The van der Waals surface area contributed by atoms with Gasteiger partial charge < -0.3 is 15.0 Å². The highest BCUT2D eigenvalue weighted by Gasteiger charge is 2.39. The van der Waals surface area contributed by atoms with Crippen molar-refractivity contribution >= 4 is 17.8 Å². The van der Waals surface area contributed by atoms with Gasteiger partial charge in [0.15, 0.2) is 5.69 Å². The van der Waals surface area contributed by atoms with Crippen LogP contribution in [0, 0.1) is 11.8 Å². The van der Waals surface area contributed by atoms with E-state index in [1.807, 2.05) is 6.92 Å². The van der Waals surface area contributed by atoms with E-state index in [1.54, 1.807) is 56.0 Å². The van der Waals surface area contributed by atoms with Gasteiger partial charge in [0.2, 0.25) is 0 Å². The molecule has 1 N–H and O–H groups in total. The molecule has 2 aromatic rings. The first kappa shape index (κ1) is 28.2. The van der Waals surface area contributed by atoms with Crippen molar-refractivity contribution in [2.45, 2.75) is 58.7 Å². The summed E-state index contributed by atoms with van der Waals surface area (Å²) < 4.78 is 46.9. The monoisotopic (exact) mass is 522 g/mol. The highest BCUT2D eigenvalue weighted by Crippen LogP contribution is 2.31. The second kappa shape index (κ2) is 11.4. The molecule has 0 bridgehead atoms. The molecule has 2 unspecified atom stereocenters. The predicted molar refractivity (Wildman–Crippen MR) is 130 cm³/mol. The SMILES string of the molecule is CC1CN(C(=O)OC(C)(C)C)CCC1C(=O)CCCNC(=O)c1cn(-c2ccccc2)nc1C(F)(F)F. The van der Waals surface area contributed by atoms with Gasteiger partial charge in [-0.2, -0.15) is 18.3 Å². The van der Waals surface area contributed by atoms with Crippen LogP contribution >= 0.6 is 0 Å². The van der Waals surface area contributed by atoms with Gasteiger partial charge in [0.1, 0.15) is 11.4 Å². The molecule has 0 spiro atoms. The van der Waals surface area contributed by atoms with Crippen LogP contribution in [-0.2, 0) is 15.7 Å². The number of nitrogens with one attached hydrogen (secondary N) is 1. The van der Waals surface area contributed by atoms with Crippen molar-refractivity contribution in [2.24, 2.45) is 11.8 Å². The fraction of sp³-hybridized carbons (Fsp3) is 0.538. The van der Waals surface area contributed by atoms with E-state index in [-0.39, 0.29) is 37.0 Å². The molecule has 1 fully saturated rings. The van der Waals surface area contributed by atoms with Crippen LogP contribution in [0.3, 0.4) is 0 Å². The summed E-state index contributed by atoms with van der Waals surface area (Å²) >= 11 is 0. The molecule has 1 aromatic heterocycles. The topological polar surface area (TPSA) is 93.5 Å². The third kappa shape index (κ3) is 7.56. The number of piperidine rings is 1. The summed E-state index contributed by atoms with van der Waals surface area (Å²) in [5.41, 5.74) is -2.05. The number of carbonyl (C=O) groups excluding carboxylic acids is 3. The normalized spacial score (nSPS) is 18.4. The number of hydrogen-bond acceptors (Lipinski definition) is 5. The third-order valence-electron chi connectivity index (χ3n) is 6.10. The largest absolute Gasteiger partial charge is 0.444 e. The maximum Gasteiger partial charge on any atom is 0.435 e. The molecular weight excluding hydrogens is 489 g/mol. The van der Waals surface area contributed by atoms with Crippen molar-refractivity contribution in [1.29, 1.82) is 0 Å². The molecule has 2 atom stereocenters. The second-order valence-corrected chi connectivity index (χ2v) is 10.3. The lowest BCUT2D eigenvalue weighted by atomic mass is 9.82. The molecule has 0 radical (unpaired) electrons. The molecule has 8 nitrogen and oxygen atoms in total. The van der Waals surface area contributed by atoms with Crippen LogP contribution in [0.1, 0.15) is 63.0 Å². The summed E-state index contributed by atoms with van der Waals surface area (Å²) in [5.74, 6) is -1.17. The lowest BCUT2D eigenvalue weighted by Gasteiger charge is -2.37. The number of ether oxygens (including phenoxy) is 1. The molecule has 1 aromatic carbocycles. The quantitative estimate of drug-likeness (QED) is 0.524. The molecule has 37 heavy (non-hydrogen) atoms. The van der Waals surface area contributed by atoms with Crippen molar-refractivity contribution in [1.82, 2.24) is 20.0 Å². The maximum atomic E-state index is 13.5. The number of halogens is 3. The summed E-state index contributed by atoms with van der Waals surface area (Å²) in [6.45, 7) is 8.16. The first-order chi connectivity index (χ1) is 17.3. The Hall–Kier alpha value is -3.37. The Bertz CT molecular complexity index is 1110. The Labute approximate surface area is 214 Å². The number of likely N-dealkylation sites (tertiary alicyclic amines) is 1. The van der Waals surface area contributed by atoms with E-state index in [0.717, 1.165) is 10.9 Å². The summed E-state index contributed by atoms with van der Waals surface area (Å²) in [5, 5.41) is 6.05. The first-order valence-electron chi connectivity index (χ1n) is 12.3. The summed E-state index contributed by atoms with van der Waals surface area (Å²) in [7, 11) is 0. The van der Waals surface area contributed by atoms with Gasteiger partial charge in [-0.05, 0) is 51.7 Å². The molecular formula is C26H33F3N4O4. The van der Waals surface area contributed by atoms with E-state index in [4.69, 9.17) is 4.74 Å². The number of alkyl halides is 3. The Morgan fingerprint density at radius 3 is 2.41 bits per heavy atom. The molecule has 202 valence electrons. The Kier molecular flexibility index (Phi) is 8.65. The average molecular weight is 523 g/mol. The van der Waals surface area contributed by atoms with Gasteiger partial charge in [0.25, 0.3) is 5.91 Å². The van der Waals surface area contributed by atoms with E-state index < -0.39 is 35.0 Å². The number of benzene rings is 1. The number of para-hydroxylation sites is 1. The van der Waals surface area contributed by atoms with Crippen molar-refractivity contribution in [3.63, 3.8) is 0 Å². The first-order valence-corrected chi connectivity index (χ1v) is 12.3. The number of hydrogen-bond donors (Lipinski definition) is 1. The number of carbonyl (C=O) groups is 3. The Balaban J connectivity index is 1.52. The predicted octanol–water partition coefficient (Wildman–Crippen LogP) is 4.86. The zero-order valence-corrected chi connectivity index (χ0v) is 21.5. The van der Waals surface area contributed by atoms with Crippen LogP contribution in [0.25, 0.3) is 5.69 Å². The Morgan fingerprint density at radius 1 is 1.14 bits per heavy atom. The maximum absolute atomic E-state index is 13.5. The van der Waals surface area contributed by atoms with Gasteiger partial charge in [-0.15, -0.1) is 0 Å². The smallest absolute Gasteiger partial charge is 0.435 e. The fourth-order valence-electron chi connectivity index (χ4n) is 4.32. The molecule has 3 rings (SSSR count). The van der Waals surface area contributed by atoms with E-state index in [1.165, 1.54) is 0 Å². The van der Waals surface area contributed by atoms with Crippen LogP contribution in [-0.4, -0.2) is 57.7 Å². The van der Waals surface area contributed by atoms with Gasteiger partial charge in [0, 0.05) is 38.2 Å². The highest BCUT2D eigenvalue weighted by molar-refractivity contribution is 5.95.